The molecule has 1 aliphatic heterocycles. The van der Waals surface area contributed by atoms with E-state index in [0.29, 0.717) is 6.29 Å². The number of hydrogen-bond donors (Lipinski definition) is 5. The molecule has 0 aromatic carbocycles. The van der Waals surface area contributed by atoms with E-state index in [4.69, 9.17) is 26.2 Å². The smallest absolute Gasteiger partial charge is 0.374 e. The number of aliphatic hydroxyl groups is 3. The molecule has 0 amide bonds. The summed E-state index contributed by atoms with van der Waals surface area (Å²) in [5.41, 5.74) is 4.98. The lowest BCUT2D eigenvalue weighted by Crippen LogP contribution is -2.42. The minimum Gasteiger partial charge on any atom is -0.477 e. The zero-order chi connectivity index (χ0) is 14.2. The summed E-state index contributed by atoms with van der Waals surface area (Å²) in [6.07, 6.45) is -1.98. The van der Waals surface area contributed by atoms with Crippen LogP contribution in [0.3, 0.4) is 0 Å². The Kier molecular flexibility index (Phi) is 6.74. The van der Waals surface area contributed by atoms with E-state index in [2.05, 4.69) is 20.7 Å². The molecule has 0 aliphatic carbocycles. The molecule has 2 unspecified atom stereocenters. The van der Waals surface area contributed by atoms with Gasteiger partial charge in [-0.05, 0) is 10.4 Å². The van der Waals surface area contributed by atoms with E-state index in [9.17, 15) is 9.59 Å². The number of carbonyl (C=O) groups is 2. The second-order valence-corrected chi connectivity index (χ2v) is 3.13. The van der Waals surface area contributed by atoms with Crippen LogP contribution >= 0.6 is 0 Å². The van der Waals surface area contributed by atoms with Gasteiger partial charge in [0.25, 0.3) is 0 Å². The zero-order valence-electron chi connectivity index (χ0n) is 9.12. The van der Waals surface area contributed by atoms with Crippen LogP contribution in [-0.4, -0.2) is 57.3 Å². The molecule has 1 aliphatic rings. The normalized spacial score (nSPS) is 18.7. The molecular formula is C7H13N5O6. The number of carboxylic acid groups (broad SMARTS) is 1. The Morgan fingerprint density at radius 1 is 1.28 bits per heavy atom. The maximum absolute atomic E-state index is 10.1. The highest BCUT2D eigenvalue weighted by molar-refractivity contribution is 5.77. The van der Waals surface area contributed by atoms with E-state index in [0.717, 1.165) is 0 Å². The molecule has 1 heterocycles. The van der Waals surface area contributed by atoms with Gasteiger partial charge in [-0.15, -0.1) is 10.2 Å². The maximum atomic E-state index is 10.1. The number of aliphatic carboxylic acids is 1. The van der Waals surface area contributed by atoms with Crippen molar-refractivity contribution in [1.29, 1.82) is 0 Å². The van der Waals surface area contributed by atoms with E-state index in [1.54, 1.807) is 0 Å². The summed E-state index contributed by atoms with van der Waals surface area (Å²) < 4.78 is 0. The summed E-state index contributed by atoms with van der Waals surface area (Å²) in [7, 11) is 0. The van der Waals surface area contributed by atoms with Crippen LogP contribution in [0.2, 0.25) is 0 Å². The van der Waals surface area contributed by atoms with Gasteiger partial charge in [0.1, 0.15) is 12.4 Å². The summed E-state index contributed by atoms with van der Waals surface area (Å²) in [5.74, 6) is -3.34. The van der Waals surface area contributed by atoms with Gasteiger partial charge in [0.15, 0.2) is 0 Å². The van der Waals surface area contributed by atoms with Crippen LogP contribution in [0.25, 0.3) is 0 Å². The van der Waals surface area contributed by atoms with E-state index >= 15 is 0 Å². The van der Waals surface area contributed by atoms with Crippen molar-refractivity contribution in [2.24, 2.45) is 26.4 Å². The minimum atomic E-state index is -1.97. The van der Waals surface area contributed by atoms with Crippen molar-refractivity contribution in [3.8, 4) is 0 Å². The molecule has 0 radical (unpaired) electrons. The van der Waals surface area contributed by atoms with Gasteiger partial charge < -0.3 is 25.2 Å². The van der Waals surface area contributed by atoms with Crippen LogP contribution in [0.5, 0.6) is 0 Å². The molecule has 0 saturated heterocycles. The van der Waals surface area contributed by atoms with Crippen LogP contribution in [0, 0.1) is 0 Å². The Morgan fingerprint density at radius 3 is 2.06 bits per heavy atom. The molecule has 0 saturated carbocycles. The maximum Gasteiger partial charge on any atom is 0.374 e. The summed E-state index contributed by atoms with van der Waals surface area (Å²) in [4.78, 5) is 19.8. The van der Waals surface area contributed by atoms with Gasteiger partial charge in [-0.3, -0.25) is 5.73 Å². The monoisotopic (exact) mass is 263 g/mol. The van der Waals surface area contributed by atoms with Gasteiger partial charge in [-0.25, -0.2) is 4.79 Å². The molecule has 1 rings (SSSR count). The van der Waals surface area contributed by atoms with Crippen LogP contribution in [0.4, 0.5) is 0 Å². The first-order valence-corrected chi connectivity index (χ1v) is 4.64. The number of rotatable bonds is 5. The third-order valence-corrected chi connectivity index (χ3v) is 1.72. The Labute approximate surface area is 101 Å². The first kappa shape index (κ1) is 16.2. The van der Waals surface area contributed by atoms with Crippen LogP contribution < -0.4 is 5.73 Å². The second-order valence-electron chi connectivity index (χ2n) is 3.13. The number of nitrogens with two attached hydrogens (primary N) is 1. The van der Waals surface area contributed by atoms with Crippen molar-refractivity contribution in [1.82, 2.24) is 0 Å². The lowest BCUT2D eigenvalue weighted by Gasteiger charge is -2.11. The average molecular weight is 263 g/mol. The molecule has 0 bridgehead atoms. The van der Waals surface area contributed by atoms with Gasteiger partial charge >= 0.3 is 11.8 Å². The van der Waals surface area contributed by atoms with Crippen molar-refractivity contribution in [2.75, 3.05) is 6.61 Å². The highest BCUT2D eigenvalue weighted by Crippen LogP contribution is 2.12. The van der Waals surface area contributed by atoms with E-state index in [1.807, 2.05) is 0 Å². The first-order chi connectivity index (χ1) is 8.37. The van der Waals surface area contributed by atoms with Gasteiger partial charge in [-0.1, -0.05) is 0 Å². The number of carboxylic acids is 1. The van der Waals surface area contributed by atoms with Crippen LogP contribution in [0.1, 0.15) is 6.42 Å². The number of aliphatic hydroxyl groups excluding tert-OH is 3. The summed E-state index contributed by atoms with van der Waals surface area (Å²) in [6.45, 7) is -0.519. The third-order valence-electron chi connectivity index (χ3n) is 1.72. The van der Waals surface area contributed by atoms with E-state index in [1.165, 1.54) is 0 Å². The highest BCUT2D eigenvalue weighted by atomic mass is 16.4. The number of nitrogens with zero attached hydrogens (tertiary/aromatic N) is 4. The van der Waals surface area contributed by atoms with Gasteiger partial charge in [0, 0.05) is 6.42 Å². The van der Waals surface area contributed by atoms with Crippen molar-refractivity contribution in [3.05, 3.63) is 0 Å². The average Bonchev–Trinajstić information content (AvgIpc) is 2.77. The first-order valence-electron chi connectivity index (χ1n) is 4.64. The molecule has 2 atom stereocenters. The fourth-order valence-electron chi connectivity index (χ4n) is 0.659. The lowest BCUT2D eigenvalue weighted by atomic mass is 10.2. The molecule has 102 valence electrons. The van der Waals surface area contributed by atoms with Crippen LogP contribution in [-0.2, 0) is 9.59 Å². The number of carbonyl (C=O) groups excluding carboxylic acids is 1. The van der Waals surface area contributed by atoms with Gasteiger partial charge in [0.05, 0.1) is 12.7 Å². The third kappa shape index (κ3) is 5.01. The Morgan fingerprint density at radius 2 is 1.78 bits per heavy atom. The second kappa shape index (κ2) is 7.50. The topological polar surface area (TPSA) is 191 Å². The molecule has 11 heteroatoms. The molecule has 11 nitrogen and oxygen atoms in total. The van der Waals surface area contributed by atoms with Crippen LogP contribution in [0.15, 0.2) is 20.7 Å². The lowest BCUT2D eigenvalue weighted by molar-refractivity contribution is -0.142. The van der Waals surface area contributed by atoms with Gasteiger partial charge in [-0.2, -0.15) is 0 Å². The summed E-state index contributed by atoms with van der Waals surface area (Å²) in [5, 5.41) is 45.7. The molecule has 0 aromatic rings. The Bertz CT molecular complexity index is 333. The largest absolute Gasteiger partial charge is 0.477 e. The molecule has 18 heavy (non-hydrogen) atoms. The van der Waals surface area contributed by atoms with Crippen molar-refractivity contribution >= 4 is 12.3 Å². The number of hydrogen-bond acceptors (Lipinski definition) is 10. The predicted octanol–water partition coefficient (Wildman–Crippen LogP) is -2.19. The Balaban J connectivity index is 0.000000321. The Hall–Kier alpha value is -1.82. The predicted molar refractivity (Wildman–Crippen MR) is 54.0 cm³/mol. The van der Waals surface area contributed by atoms with Crippen molar-refractivity contribution in [3.63, 3.8) is 0 Å². The van der Waals surface area contributed by atoms with E-state index in [-0.39, 0.29) is 6.42 Å². The zero-order valence-corrected chi connectivity index (χ0v) is 9.12. The standard InChI is InChI=1S/C5H10O4.C2H3N5O2/c6-2-1-4(8)5(9)3-7;3-2(1(8)9)4-6-7-5-2/h2,4-5,7-9H,1,3H2;3H2,(H,8,9). The number of aldehydes is 1. The molecular weight excluding hydrogens is 250 g/mol. The quantitative estimate of drug-likeness (QED) is 0.347. The molecule has 6 N–H and O–H groups in total. The fourth-order valence-corrected chi connectivity index (χ4v) is 0.659. The molecule has 0 fully saturated rings. The van der Waals surface area contributed by atoms with Gasteiger partial charge in [0.2, 0.25) is 0 Å². The summed E-state index contributed by atoms with van der Waals surface area (Å²) in [6, 6.07) is 0. The minimum absolute atomic E-state index is 0.137. The van der Waals surface area contributed by atoms with E-state index < -0.39 is 30.6 Å². The molecule has 0 spiro atoms. The van der Waals surface area contributed by atoms with Crippen molar-refractivity contribution < 1.29 is 30.0 Å². The fraction of sp³-hybridized carbons (Fsp3) is 0.714. The van der Waals surface area contributed by atoms with Crippen molar-refractivity contribution in [2.45, 2.75) is 24.4 Å². The summed E-state index contributed by atoms with van der Waals surface area (Å²) >= 11 is 0. The highest BCUT2D eigenvalue weighted by Gasteiger charge is 2.37. The SMILES string of the molecule is NC1(C(=O)O)N=NN=N1.O=CCC(O)C(O)CO. The molecule has 0 aromatic heterocycles.